The number of benzene rings is 3. The number of amides is 2. The minimum atomic E-state index is -0.659. The van der Waals surface area contributed by atoms with Gasteiger partial charge in [-0.2, -0.15) is 0 Å². The molecule has 2 amide bonds. The summed E-state index contributed by atoms with van der Waals surface area (Å²) in [5, 5.41) is 2.64. The van der Waals surface area contributed by atoms with Crippen molar-refractivity contribution >= 4 is 52.5 Å². The minimum absolute atomic E-state index is 0.0979. The first-order valence-corrected chi connectivity index (χ1v) is 11.3. The highest BCUT2D eigenvalue weighted by atomic mass is 35.5. The molecule has 1 N–H and O–H groups in total. The summed E-state index contributed by atoms with van der Waals surface area (Å²) in [6.45, 7) is 2.27. The molecule has 0 saturated carbocycles. The number of carbonyl (C=O) groups is 2. The fraction of sp³-hybridized carbons (Fsp3) is 0.115. The number of carbonyl (C=O) groups excluding carboxylic acids is 2. The second-order valence-corrected chi connectivity index (χ2v) is 8.54. The van der Waals surface area contributed by atoms with Gasteiger partial charge >= 0.3 is 0 Å². The molecule has 35 heavy (non-hydrogen) atoms. The molecular formula is C26H20ClFN2O4S. The fourth-order valence-corrected chi connectivity index (χ4v) is 4.12. The Labute approximate surface area is 211 Å². The second-order valence-electron chi connectivity index (χ2n) is 7.75. The van der Waals surface area contributed by atoms with E-state index in [0.717, 1.165) is 16.0 Å². The van der Waals surface area contributed by atoms with Crippen LogP contribution < -0.4 is 19.7 Å². The number of anilines is 1. The van der Waals surface area contributed by atoms with Crippen molar-refractivity contribution in [2.75, 3.05) is 12.0 Å². The molecule has 3 aromatic rings. The standard InChI is InChI=1S/C26H20ClFN2O4S/c1-15-4-3-5-16(10-15)14-34-23-21(27)12-17(13-22(23)33-2)11-20-24(31)29-26(35)30(25(20)32)19-8-6-18(28)7-9-19/h3-13H,14H2,1-2H3,(H,29,31,35)/b20-11-. The largest absolute Gasteiger partial charge is 0.493 e. The van der Waals surface area contributed by atoms with Gasteiger partial charge in [0.2, 0.25) is 0 Å². The zero-order valence-electron chi connectivity index (χ0n) is 18.8. The maximum Gasteiger partial charge on any atom is 0.270 e. The van der Waals surface area contributed by atoms with Crippen LogP contribution in [-0.4, -0.2) is 24.0 Å². The normalized spacial score (nSPS) is 14.8. The van der Waals surface area contributed by atoms with Gasteiger partial charge in [0.15, 0.2) is 16.6 Å². The summed E-state index contributed by atoms with van der Waals surface area (Å²) < 4.78 is 24.7. The lowest BCUT2D eigenvalue weighted by molar-refractivity contribution is -0.122. The van der Waals surface area contributed by atoms with Crippen LogP contribution in [-0.2, 0) is 16.2 Å². The Balaban J connectivity index is 1.64. The third-order valence-corrected chi connectivity index (χ3v) is 5.78. The quantitative estimate of drug-likeness (QED) is 0.280. The van der Waals surface area contributed by atoms with E-state index in [9.17, 15) is 14.0 Å². The smallest absolute Gasteiger partial charge is 0.270 e. The predicted molar refractivity (Wildman–Crippen MR) is 136 cm³/mol. The number of methoxy groups -OCH3 is 1. The molecule has 9 heteroatoms. The van der Waals surface area contributed by atoms with E-state index < -0.39 is 17.6 Å². The van der Waals surface area contributed by atoms with Gasteiger partial charge < -0.3 is 9.47 Å². The highest BCUT2D eigenvalue weighted by molar-refractivity contribution is 7.80. The van der Waals surface area contributed by atoms with Gasteiger partial charge in [0.25, 0.3) is 11.8 Å². The Morgan fingerprint density at radius 2 is 1.86 bits per heavy atom. The van der Waals surface area contributed by atoms with E-state index in [0.29, 0.717) is 22.7 Å². The van der Waals surface area contributed by atoms with Crippen LogP contribution in [0.15, 0.2) is 66.2 Å². The summed E-state index contributed by atoms with van der Waals surface area (Å²) in [6, 6.07) is 16.3. The Kier molecular flexibility index (Phi) is 7.14. The van der Waals surface area contributed by atoms with Crippen LogP contribution >= 0.6 is 23.8 Å². The van der Waals surface area contributed by atoms with Crippen LogP contribution in [0.25, 0.3) is 6.08 Å². The van der Waals surface area contributed by atoms with Gasteiger partial charge in [0.05, 0.1) is 17.8 Å². The summed E-state index contributed by atoms with van der Waals surface area (Å²) in [4.78, 5) is 26.9. The summed E-state index contributed by atoms with van der Waals surface area (Å²) in [5.41, 5.74) is 2.67. The van der Waals surface area contributed by atoms with E-state index in [1.54, 1.807) is 12.1 Å². The number of rotatable bonds is 6. The van der Waals surface area contributed by atoms with Crippen molar-refractivity contribution in [2.24, 2.45) is 0 Å². The van der Waals surface area contributed by atoms with E-state index in [2.05, 4.69) is 5.32 Å². The van der Waals surface area contributed by atoms with Crippen molar-refractivity contribution in [1.82, 2.24) is 5.32 Å². The molecule has 3 aromatic carbocycles. The van der Waals surface area contributed by atoms with Crippen molar-refractivity contribution in [1.29, 1.82) is 0 Å². The van der Waals surface area contributed by atoms with Gasteiger partial charge in [-0.05, 0) is 72.7 Å². The zero-order valence-corrected chi connectivity index (χ0v) is 20.4. The van der Waals surface area contributed by atoms with Crippen molar-refractivity contribution in [3.05, 3.63) is 93.8 Å². The van der Waals surface area contributed by atoms with Crippen LogP contribution in [0, 0.1) is 12.7 Å². The third kappa shape index (κ3) is 5.34. The second kappa shape index (κ2) is 10.2. The topological polar surface area (TPSA) is 67.9 Å². The van der Waals surface area contributed by atoms with Crippen LogP contribution in [0.3, 0.4) is 0 Å². The predicted octanol–water partition coefficient (Wildman–Crippen LogP) is 5.21. The Morgan fingerprint density at radius 3 is 2.54 bits per heavy atom. The molecular weight excluding hydrogens is 491 g/mol. The van der Waals surface area contributed by atoms with Crippen molar-refractivity contribution in [3.8, 4) is 11.5 Å². The molecule has 4 rings (SSSR count). The molecule has 1 fully saturated rings. The number of thiocarbonyl (C=S) groups is 1. The number of aryl methyl sites for hydroxylation is 1. The SMILES string of the molecule is COc1cc(/C=C2/C(=O)NC(=S)N(c3ccc(F)cc3)C2=O)cc(Cl)c1OCc1cccc(C)c1. The fourth-order valence-electron chi connectivity index (χ4n) is 3.57. The summed E-state index contributed by atoms with van der Waals surface area (Å²) in [6.07, 6.45) is 1.38. The van der Waals surface area contributed by atoms with E-state index in [-0.39, 0.29) is 22.3 Å². The number of nitrogens with zero attached hydrogens (tertiary/aromatic N) is 1. The molecule has 178 valence electrons. The summed E-state index contributed by atoms with van der Waals surface area (Å²) in [7, 11) is 1.47. The van der Waals surface area contributed by atoms with Crippen molar-refractivity contribution < 1.29 is 23.5 Å². The highest BCUT2D eigenvalue weighted by Crippen LogP contribution is 2.38. The monoisotopic (exact) mass is 510 g/mol. The molecule has 1 aliphatic heterocycles. The zero-order chi connectivity index (χ0) is 25.1. The first kappa shape index (κ1) is 24.4. The molecule has 0 bridgehead atoms. The molecule has 0 aliphatic carbocycles. The number of hydrogen-bond acceptors (Lipinski definition) is 5. The Hall–Kier alpha value is -3.75. The number of hydrogen-bond donors (Lipinski definition) is 1. The lowest BCUT2D eigenvalue weighted by atomic mass is 10.1. The molecule has 0 spiro atoms. The first-order chi connectivity index (χ1) is 16.8. The maximum absolute atomic E-state index is 13.3. The molecule has 1 aliphatic rings. The van der Waals surface area contributed by atoms with E-state index in [1.807, 2.05) is 31.2 Å². The van der Waals surface area contributed by atoms with Crippen LogP contribution in [0.4, 0.5) is 10.1 Å². The maximum atomic E-state index is 13.3. The molecule has 1 heterocycles. The molecule has 0 atom stereocenters. The first-order valence-electron chi connectivity index (χ1n) is 10.5. The number of nitrogens with one attached hydrogen (secondary N) is 1. The highest BCUT2D eigenvalue weighted by Gasteiger charge is 2.34. The Bertz CT molecular complexity index is 1360. The van der Waals surface area contributed by atoms with E-state index >= 15 is 0 Å². The average molecular weight is 511 g/mol. The van der Waals surface area contributed by atoms with Gasteiger partial charge in [-0.1, -0.05) is 41.4 Å². The third-order valence-electron chi connectivity index (χ3n) is 5.21. The van der Waals surface area contributed by atoms with E-state index in [4.69, 9.17) is 33.3 Å². The molecule has 0 aromatic heterocycles. The molecule has 1 saturated heterocycles. The minimum Gasteiger partial charge on any atom is -0.493 e. The van der Waals surface area contributed by atoms with Crippen molar-refractivity contribution in [2.45, 2.75) is 13.5 Å². The van der Waals surface area contributed by atoms with Gasteiger partial charge in [-0.25, -0.2) is 4.39 Å². The van der Waals surface area contributed by atoms with Crippen LogP contribution in [0.1, 0.15) is 16.7 Å². The van der Waals surface area contributed by atoms with Crippen LogP contribution in [0.2, 0.25) is 5.02 Å². The van der Waals surface area contributed by atoms with Crippen molar-refractivity contribution in [3.63, 3.8) is 0 Å². The lowest BCUT2D eigenvalue weighted by Gasteiger charge is -2.29. The summed E-state index contributed by atoms with van der Waals surface area (Å²) >= 11 is 11.6. The molecule has 0 radical (unpaired) electrons. The molecule has 6 nitrogen and oxygen atoms in total. The Morgan fingerprint density at radius 1 is 1.11 bits per heavy atom. The van der Waals surface area contributed by atoms with Gasteiger partial charge in [0.1, 0.15) is 18.0 Å². The van der Waals surface area contributed by atoms with Gasteiger partial charge in [0, 0.05) is 0 Å². The summed E-state index contributed by atoms with van der Waals surface area (Å²) in [5.74, 6) is -1.10. The molecule has 0 unspecified atom stereocenters. The van der Waals surface area contributed by atoms with Crippen LogP contribution in [0.5, 0.6) is 11.5 Å². The van der Waals surface area contributed by atoms with Gasteiger partial charge in [-0.15, -0.1) is 0 Å². The van der Waals surface area contributed by atoms with E-state index in [1.165, 1.54) is 37.5 Å². The average Bonchev–Trinajstić information content (AvgIpc) is 2.82. The number of ether oxygens (including phenoxy) is 2. The lowest BCUT2D eigenvalue weighted by Crippen LogP contribution is -2.54. The van der Waals surface area contributed by atoms with Gasteiger partial charge in [-0.3, -0.25) is 19.8 Å². The number of halogens is 2.